The summed E-state index contributed by atoms with van der Waals surface area (Å²) in [7, 11) is 0. The molecule has 0 radical (unpaired) electrons. The maximum Gasteiger partial charge on any atom is 0.338 e. The van der Waals surface area contributed by atoms with Crippen LogP contribution in [0.25, 0.3) is 23.5 Å². The maximum absolute atomic E-state index is 11.3. The molecule has 0 fully saturated rings. The van der Waals surface area contributed by atoms with Gasteiger partial charge in [-0.2, -0.15) is 0 Å². The minimum absolute atomic E-state index is 0.00133. The Kier molecular flexibility index (Phi) is 4.30. The van der Waals surface area contributed by atoms with Gasteiger partial charge in [0, 0.05) is 11.1 Å². The highest BCUT2D eigenvalue weighted by Gasteiger charge is 2.22. The Morgan fingerprint density at radius 3 is 2.52 bits per heavy atom. The SMILES string of the molecule is CC(=O)c1ccc(-c2ccc(/C=C\c3onc(C)c3[N+](=O)[O-])o2)cc1. The number of benzene rings is 1. The lowest BCUT2D eigenvalue weighted by Gasteiger charge is -1.98. The molecule has 7 heteroatoms. The molecule has 0 amide bonds. The molecule has 0 aliphatic heterocycles. The Labute approximate surface area is 142 Å². The van der Waals surface area contributed by atoms with Crippen molar-refractivity contribution in [3.63, 3.8) is 0 Å². The average molecular weight is 338 g/mol. The zero-order chi connectivity index (χ0) is 18.0. The summed E-state index contributed by atoms with van der Waals surface area (Å²) >= 11 is 0. The average Bonchev–Trinajstić information content (AvgIpc) is 3.19. The second-order valence-corrected chi connectivity index (χ2v) is 5.41. The first kappa shape index (κ1) is 16.4. The molecule has 0 aliphatic rings. The van der Waals surface area contributed by atoms with E-state index in [1.54, 1.807) is 42.5 Å². The van der Waals surface area contributed by atoms with Crippen LogP contribution < -0.4 is 0 Å². The number of nitro groups is 1. The molecule has 7 nitrogen and oxygen atoms in total. The van der Waals surface area contributed by atoms with E-state index < -0.39 is 4.92 Å². The van der Waals surface area contributed by atoms with Gasteiger partial charge < -0.3 is 8.94 Å². The van der Waals surface area contributed by atoms with Crippen molar-refractivity contribution >= 4 is 23.6 Å². The van der Waals surface area contributed by atoms with Crippen molar-refractivity contribution in [3.8, 4) is 11.3 Å². The zero-order valence-corrected chi connectivity index (χ0v) is 13.6. The van der Waals surface area contributed by atoms with Crippen LogP contribution in [-0.4, -0.2) is 15.9 Å². The molecule has 0 N–H and O–H groups in total. The number of carbonyl (C=O) groups excluding carboxylic acids is 1. The lowest BCUT2D eigenvalue weighted by Crippen LogP contribution is -1.90. The molecule has 0 unspecified atom stereocenters. The molecule has 0 atom stereocenters. The van der Waals surface area contributed by atoms with Crippen molar-refractivity contribution in [2.24, 2.45) is 0 Å². The van der Waals surface area contributed by atoms with Crippen LogP contribution >= 0.6 is 0 Å². The first-order valence-corrected chi connectivity index (χ1v) is 7.45. The van der Waals surface area contributed by atoms with Crippen molar-refractivity contribution in [3.05, 3.63) is 69.3 Å². The molecular formula is C18H14N2O5. The maximum atomic E-state index is 11.3. The van der Waals surface area contributed by atoms with Gasteiger partial charge in [0.15, 0.2) is 11.5 Å². The number of hydrogen-bond acceptors (Lipinski definition) is 6. The second kappa shape index (κ2) is 6.56. The third-order valence-electron chi connectivity index (χ3n) is 3.64. The zero-order valence-electron chi connectivity index (χ0n) is 13.6. The fourth-order valence-electron chi connectivity index (χ4n) is 2.34. The Balaban J connectivity index is 1.82. The van der Waals surface area contributed by atoms with Gasteiger partial charge in [-0.3, -0.25) is 14.9 Å². The topological polar surface area (TPSA) is 99.4 Å². The van der Waals surface area contributed by atoms with E-state index in [1.807, 2.05) is 0 Å². The minimum Gasteiger partial charge on any atom is -0.457 e. The summed E-state index contributed by atoms with van der Waals surface area (Å²) in [5.41, 5.74) is 1.51. The predicted molar refractivity (Wildman–Crippen MR) is 91.0 cm³/mol. The molecule has 0 saturated carbocycles. The molecule has 25 heavy (non-hydrogen) atoms. The van der Waals surface area contributed by atoms with Crippen LogP contribution in [0.1, 0.15) is 34.5 Å². The largest absolute Gasteiger partial charge is 0.457 e. The van der Waals surface area contributed by atoms with Gasteiger partial charge in [0.2, 0.25) is 5.76 Å². The summed E-state index contributed by atoms with van der Waals surface area (Å²) in [5, 5.41) is 14.6. The number of rotatable bonds is 5. The van der Waals surface area contributed by atoms with Crippen molar-refractivity contribution in [1.29, 1.82) is 0 Å². The van der Waals surface area contributed by atoms with E-state index in [-0.39, 0.29) is 22.9 Å². The number of carbonyl (C=O) groups is 1. The summed E-state index contributed by atoms with van der Waals surface area (Å²) in [6, 6.07) is 10.6. The van der Waals surface area contributed by atoms with Crippen LogP contribution in [0, 0.1) is 17.0 Å². The van der Waals surface area contributed by atoms with Gasteiger partial charge >= 0.3 is 5.69 Å². The van der Waals surface area contributed by atoms with Gasteiger partial charge in [0.1, 0.15) is 11.5 Å². The standard InChI is InChI=1S/C18H14N2O5/c1-11-18(20(22)23)17(25-19-11)10-8-15-7-9-16(24-15)14-5-3-13(4-6-14)12(2)21/h3-10H,1-2H3/b10-8-. The number of aryl methyl sites for hydroxylation is 1. The quantitative estimate of drug-likeness (QED) is 0.385. The van der Waals surface area contributed by atoms with Gasteiger partial charge in [0.25, 0.3) is 0 Å². The first-order valence-electron chi connectivity index (χ1n) is 7.45. The van der Waals surface area contributed by atoms with E-state index in [9.17, 15) is 14.9 Å². The number of aromatic nitrogens is 1. The van der Waals surface area contributed by atoms with Crippen LogP contribution in [0.3, 0.4) is 0 Å². The molecule has 126 valence electrons. The van der Waals surface area contributed by atoms with E-state index in [0.717, 1.165) is 5.56 Å². The fourth-order valence-corrected chi connectivity index (χ4v) is 2.34. The van der Waals surface area contributed by atoms with E-state index in [0.29, 0.717) is 17.1 Å². The lowest BCUT2D eigenvalue weighted by atomic mass is 10.1. The molecule has 3 rings (SSSR count). The van der Waals surface area contributed by atoms with Crippen LogP contribution in [0.4, 0.5) is 5.69 Å². The second-order valence-electron chi connectivity index (χ2n) is 5.41. The molecule has 0 saturated heterocycles. The third-order valence-corrected chi connectivity index (χ3v) is 3.64. The van der Waals surface area contributed by atoms with Crippen LogP contribution in [0.15, 0.2) is 45.3 Å². The number of Topliss-reactive ketones (excluding diaryl/α,β-unsaturated/α-hetero) is 1. The van der Waals surface area contributed by atoms with Gasteiger partial charge in [-0.15, -0.1) is 0 Å². The van der Waals surface area contributed by atoms with E-state index in [2.05, 4.69) is 5.16 Å². The highest BCUT2D eigenvalue weighted by molar-refractivity contribution is 5.94. The number of nitrogens with zero attached hydrogens (tertiary/aromatic N) is 2. The highest BCUT2D eigenvalue weighted by atomic mass is 16.6. The molecular weight excluding hydrogens is 324 g/mol. The van der Waals surface area contributed by atoms with Crippen molar-refractivity contribution in [2.45, 2.75) is 13.8 Å². The van der Waals surface area contributed by atoms with Gasteiger partial charge in [-0.1, -0.05) is 29.4 Å². The number of hydrogen-bond donors (Lipinski definition) is 0. The molecule has 0 aliphatic carbocycles. The Morgan fingerprint density at radius 2 is 1.88 bits per heavy atom. The van der Waals surface area contributed by atoms with Crippen LogP contribution in [0.5, 0.6) is 0 Å². The normalized spacial score (nSPS) is 11.1. The summed E-state index contributed by atoms with van der Waals surface area (Å²) in [6.45, 7) is 3.02. The molecule has 3 aromatic rings. The Bertz CT molecular complexity index is 964. The highest BCUT2D eigenvalue weighted by Crippen LogP contribution is 2.27. The molecule has 2 aromatic heterocycles. The predicted octanol–water partition coefficient (Wildman–Crippen LogP) is 4.52. The van der Waals surface area contributed by atoms with E-state index in [1.165, 1.54) is 19.9 Å². The molecule has 2 heterocycles. The van der Waals surface area contributed by atoms with E-state index >= 15 is 0 Å². The Morgan fingerprint density at radius 1 is 1.16 bits per heavy atom. The van der Waals surface area contributed by atoms with Gasteiger partial charge in [0.05, 0.1) is 4.92 Å². The smallest absolute Gasteiger partial charge is 0.338 e. The van der Waals surface area contributed by atoms with Crippen molar-refractivity contribution in [1.82, 2.24) is 5.16 Å². The van der Waals surface area contributed by atoms with Crippen LogP contribution in [0.2, 0.25) is 0 Å². The molecule has 0 spiro atoms. The van der Waals surface area contributed by atoms with Gasteiger partial charge in [-0.05, 0) is 38.1 Å². The van der Waals surface area contributed by atoms with Gasteiger partial charge in [-0.25, -0.2) is 0 Å². The summed E-state index contributed by atoms with van der Waals surface area (Å²) in [4.78, 5) is 21.8. The van der Waals surface area contributed by atoms with Crippen molar-refractivity contribution < 1.29 is 18.7 Å². The molecule has 0 bridgehead atoms. The number of ketones is 1. The first-order chi connectivity index (χ1) is 12.0. The number of furan rings is 1. The van der Waals surface area contributed by atoms with Crippen LogP contribution in [-0.2, 0) is 0 Å². The third kappa shape index (κ3) is 3.40. The summed E-state index contributed by atoms with van der Waals surface area (Å²) in [5.74, 6) is 1.19. The Hall–Kier alpha value is -3.48. The van der Waals surface area contributed by atoms with Crippen molar-refractivity contribution in [2.75, 3.05) is 0 Å². The fraction of sp³-hybridized carbons (Fsp3) is 0.111. The van der Waals surface area contributed by atoms with E-state index in [4.69, 9.17) is 8.94 Å². The summed E-state index contributed by atoms with van der Waals surface area (Å²) in [6.07, 6.45) is 3.01. The minimum atomic E-state index is -0.532. The summed E-state index contributed by atoms with van der Waals surface area (Å²) < 4.78 is 10.6. The molecule has 1 aromatic carbocycles. The monoisotopic (exact) mass is 338 g/mol. The lowest BCUT2D eigenvalue weighted by molar-refractivity contribution is -0.386.